The average molecular weight is 274 g/mol. The number of fused-ring (bicyclic) bond motifs is 1. The fourth-order valence-electron chi connectivity index (χ4n) is 2.04. The Morgan fingerprint density at radius 2 is 1.84 bits per heavy atom. The van der Waals surface area contributed by atoms with E-state index in [0.29, 0.717) is 27.1 Å². The summed E-state index contributed by atoms with van der Waals surface area (Å²) in [7, 11) is 0. The Bertz CT molecular complexity index is 756. The maximum absolute atomic E-state index is 12.9. The molecule has 19 heavy (non-hydrogen) atoms. The smallest absolute Gasteiger partial charge is 0.149 e. The molecule has 0 atom stereocenters. The summed E-state index contributed by atoms with van der Waals surface area (Å²) in [5.41, 5.74) is 1.67. The van der Waals surface area contributed by atoms with Crippen LogP contribution in [0.4, 0.5) is 4.39 Å². The molecule has 0 saturated heterocycles. The molecule has 0 aliphatic rings. The fraction of sp³-hybridized carbons (Fsp3) is 0. The SMILES string of the molecule is Oc1c(-c2ccc(F)cc2)cc(Cl)c2cccnc12. The first-order valence-corrected chi connectivity index (χ1v) is 6.07. The van der Waals surface area contributed by atoms with Crippen molar-refractivity contribution in [1.29, 1.82) is 0 Å². The molecule has 3 aromatic rings. The number of phenolic OH excluding ortho intramolecular Hbond substituents is 1. The Kier molecular flexibility index (Phi) is 2.84. The van der Waals surface area contributed by atoms with Gasteiger partial charge in [0, 0.05) is 17.1 Å². The first-order valence-electron chi connectivity index (χ1n) is 5.69. The molecule has 0 fully saturated rings. The first kappa shape index (κ1) is 11.9. The monoisotopic (exact) mass is 273 g/mol. The van der Waals surface area contributed by atoms with Gasteiger partial charge >= 0.3 is 0 Å². The third-order valence-electron chi connectivity index (χ3n) is 2.97. The van der Waals surface area contributed by atoms with Crippen molar-refractivity contribution < 1.29 is 9.50 Å². The van der Waals surface area contributed by atoms with Crippen molar-refractivity contribution in [2.75, 3.05) is 0 Å². The van der Waals surface area contributed by atoms with Gasteiger partial charge in [-0.2, -0.15) is 0 Å². The third-order valence-corrected chi connectivity index (χ3v) is 3.28. The van der Waals surface area contributed by atoms with E-state index in [4.69, 9.17) is 11.6 Å². The molecule has 1 N–H and O–H groups in total. The van der Waals surface area contributed by atoms with Gasteiger partial charge in [-0.25, -0.2) is 4.39 Å². The molecule has 2 nitrogen and oxygen atoms in total. The molecule has 4 heteroatoms. The summed E-state index contributed by atoms with van der Waals surface area (Å²) in [5, 5.41) is 11.5. The lowest BCUT2D eigenvalue weighted by Crippen LogP contribution is -1.86. The van der Waals surface area contributed by atoms with Crippen LogP contribution in [-0.2, 0) is 0 Å². The highest BCUT2D eigenvalue weighted by atomic mass is 35.5. The van der Waals surface area contributed by atoms with Crippen LogP contribution in [0.25, 0.3) is 22.0 Å². The first-order chi connectivity index (χ1) is 9.16. The Morgan fingerprint density at radius 3 is 2.58 bits per heavy atom. The van der Waals surface area contributed by atoms with Crippen LogP contribution in [0.15, 0.2) is 48.7 Å². The van der Waals surface area contributed by atoms with E-state index in [-0.39, 0.29) is 11.6 Å². The van der Waals surface area contributed by atoms with Crippen LogP contribution < -0.4 is 0 Å². The van der Waals surface area contributed by atoms with Gasteiger partial charge in [-0.1, -0.05) is 23.7 Å². The minimum Gasteiger partial charge on any atom is -0.505 e. The molecule has 0 bridgehead atoms. The number of hydrogen-bond donors (Lipinski definition) is 1. The fourth-order valence-corrected chi connectivity index (χ4v) is 2.30. The molecule has 0 amide bonds. The van der Waals surface area contributed by atoms with Gasteiger partial charge in [-0.15, -0.1) is 0 Å². The Balaban J connectivity index is 2.30. The van der Waals surface area contributed by atoms with E-state index in [1.165, 1.54) is 12.1 Å². The van der Waals surface area contributed by atoms with Crippen LogP contribution in [0, 0.1) is 5.82 Å². The van der Waals surface area contributed by atoms with E-state index in [2.05, 4.69) is 4.98 Å². The molecular weight excluding hydrogens is 265 g/mol. The van der Waals surface area contributed by atoms with E-state index in [9.17, 15) is 9.50 Å². The molecule has 0 saturated carbocycles. The molecule has 2 aromatic carbocycles. The molecule has 3 rings (SSSR count). The van der Waals surface area contributed by atoms with Gasteiger partial charge < -0.3 is 5.11 Å². The number of hydrogen-bond acceptors (Lipinski definition) is 2. The van der Waals surface area contributed by atoms with Gasteiger partial charge in [0.1, 0.15) is 17.1 Å². The number of nitrogens with zero attached hydrogens (tertiary/aromatic N) is 1. The number of aromatic nitrogens is 1. The van der Waals surface area contributed by atoms with Gasteiger partial charge in [0.2, 0.25) is 0 Å². The summed E-state index contributed by atoms with van der Waals surface area (Å²) >= 11 is 6.19. The highest BCUT2D eigenvalue weighted by Crippen LogP contribution is 2.38. The molecular formula is C15H9ClFNO. The van der Waals surface area contributed by atoms with Gasteiger partial charge in [-0.05, 0) is 35.9 Å². The molecule has 1 aromatic heterocycles. The Hall–Kier alpha value is -2.13. The van der Waals surface area contributed by atoms with Gasteiger partial charge in [-0.3, -0.25) is 4.98 Å². The number of benzene rings is 2. The van der Waals surface area contributed by atoms with Crippen LogP contribution in [0.5, 0.6) is 5.75 Å². The number of rotatable bonds is 1. The van der Waals surface area contributed by atoms with Crippen LogP contribution >= 0.6 is 11.6 Å². The summed E-state index contributed by atoms with van der Waals surface area (Å²) in [6, 6.07) is 11.1. The summed E-state index contributed by atoms with van der Waals surface area (Å²) in [5.74, 6) is -0.278. The van der Waals surface area contributed by atoms with Crippen molar-refractivity contribution in [3.63, 3.8) is 0 Å². The van der Waals surface area contributed by atoms with Crippen molar-refractivity contribution in [1.82, 2.24) is 4.98 Å². The largest absolute Gasteiger partial charge is 0.505 e. The summed E-state index contributed by atoms with van der Waals surface area (Å²) in [6.07, 6.45) is 1.59. The summed E-state index contributed by atoms with van der Waals surface area (Å²) in [6.45, 7) is 0. The molecule has 0 spiro atoms. The standard InChI is InChI=1S/C15H9ClFNO/c16-13-8-12(9-3-5-10(17)6-4-9)15(19)14-11(13)2-1-7-18-14/h1-8,19H. The molecule has 0 unspecified atom stereocenters. The lowest BCUT2D eigenvalue weighted by atomic mass is 10.0. The zero-order valence-electron chi connectivity index (χ0n) is 9.77. The Labute approximate surface area is 114 Å². The molecule has 1 heterocycles. The maximum atomic E-state index is 12.9. The van der Waals surface area contributed by atoms with Crippen LogP contribution in [0.1, 0.15) is 0 Å². The molecule has 0 aliphatic heterocycles. The number of phenols is 1. The number of halogens is 2. The van der Waals surface area contributed by atoms with Crippen LogP contribution in [0.3, 0.4) is 0 Å². The van der Waals surface area contributed by atoms with Crippen molar-refractivity contribution in [3.05, 3.63) is 59.5 Å². The van der Waals surface area contributed by atoms with E-state index < -0.39 is 0 Å². The average Bonchev–Trinajstić information content (AvgIpc) is 2.44. The summed E-state index contributed by atoms with van der Waals surface area (Å²) < 4.78 is 12.9. The topological polar surface area (TPSA) is 33.1 Å². The van der Waals surface area contributed by atoms with Crippen molar-refractivity contribution in [2.45, 2.75) is 0 Å². The third kappa shape index (κ3) is 2.02. The molecule has 94 valence electrons. The minimum absolute atomic E-state index is 0.0478. The molecule has 0 aliphatic carbocycles. The van der Waals surface area contributed by atoms with Crippen molar-refractivity contribution in [2.24, 2.45) is 0 Å². The lowest BCUT2D eigenvalue weighted by molar-refractivity contribution is 0.482. The zero-order valence-corrected chi connectivity index (χ0v) is 10.5. The quantitative estimate of drug-likeness (QED) is 0.713. The molecule has 0 radical (unpaired) electrons. The normalized spacial score (nSPS) is 10.8. The van der Waals surface area contributed by atoms with E-state index in [0.717, 1.165) is 0 Å². The maximum Gasteiger partial charge on any atom is 0.149 e. The van der Waals surface area contributed by atoms with Crippen LogP contribution in [-0.4, -0.2) is 10.1 Å². The summed E-state index contributed by atoms with van der Waals surface area (Å²) in [4.78, 5) is 4.14. The lowest BCUT2D eigenvalue weighted by Gasteiger charge is -2.09. The Morgan fingerprint density at radius 1 is 1.11 bits per heavy atom. The van der Waals surface area contributed by atoms with E-state index in [1.54, 1.807) is 36.5 Å². The van der Waals surface area contributed by atoms with E-state index >= 15 is 0 Å². The predicted molar refractivity (Wildman–Crippen MR) is 73.8 cm³/mol. The second-order valence-electron chi connectivity index (χ2n) is 4.16. The second-order valence-corrected chi connectivity index (χ2v) is 4.57. The van der Waals surface area contributed by atoms with Crippen molar-refractivity contribution >= 4 is 22.5 Å². The minimum atomic E-state index is -0.326. The number of aromatic hydroxyl groups is 1. The predicted octanol–water partition coefficient (Wildman–Crippen LogP) is 4.40. The highest BCUT2D eigenvalue weighted by molar-refractivity contribution is 6.36. The van der Waals surface area contributed by atoms with Gasteiger partial charge in [0.15, 0.2) is 0 Å². The van der Waals surface area contributed by atoms with Crippen molar-refractivity contribution in [3.8, 4) is 16.9 Å². The second kappa shape index (κ2) is 4.52. The van der Waals surface area contributed by atoms with E-state index in [1.807, 2.05) is 0 Å². The van der Waals surface area contributed by atoms with Crippen LogP contribution in [0.2, 0.25) is 5.02 Å². The highest BCUT2D eigenvalue weighted by Gasteiger charge is 2.12. The number of pyridine rings is 1. The van der Waals surface area contributed by atoms with Gasteiger partial charge in [0.05, 0.1) is 5.02 Å². The zero-order chi connectivity index (χ0) is 13.4. The van der Waals surface area contributed by atoms with Gasteiger partial charge in [0.25, 0.3) is 0 Å².